The minimum atomic E-state index is -0.491. The number of nitro benzene ring substituents is 1. The first-order valence-electron chi connectivity index (χ1n) is 6.02. The minimum Gasteiger partial charge on any atom is -0.350 e. The number of hydrogen-bond acceptors (Lipinski definition) is 5. The number of carbonyl (C=O) groups excluding carboxylic acids is 1. The van der Waals surface area contributed by atoms with Crippen molar-refractivity contribution in [2.75, 3.05) is 6.54 Å². The number of terminal acetylenes is 1. The van der Waals surface area contributed by atoms with Crippen LogP contribution in [0.3, 0.4) is 0 Å². The maximum atomic E-state index is 11.7. The third-order valence-electron chi connectivity index (χ3n) is 2.80. The molecule has 6 nitrogen and oxygen atoms in total. The van der Waals surface area contributed by atoms with Gasteiger partial charge in [-0.3, -0.25) is 14.9 Å². The predicted molar refractivity (Wildman–Crippen MR) is 79.2 cm³/mol. The molecule has 21 heavy (non-hydrogen) atoms. The summed E-state index contributed by atoms with van der Waals surface area (Å²) in [5.41, 5.74) is 3.16. The summed E-state index contributed by atoms with van der Waals surface area (Å²) < 4.78 is 0. The zero-order valence-corrected chi connectivity index (χ0v) is 11.7. The molecule has 0 spiro atoms. The smallest absolute Gasteiger partial charge is 0.270 e. The standard InChI is InChI=1S/C14H11N3O3S/c1-2-10-7-12(17(19)20)4-3-11(10)5-6-15-14(18)13-8-21-9-16-13/h1,3-4,7-9H,5-6H2,(H,15,18). The van der Waals surface area contributed by atoms with Gasteiger partial charge in [0.25, 0.3) is 11.6 Å². The van der Waals surface area contributed by atoms with Crippen molar-refractivity contribution in [2.45, 2.75) is 6.42 Å². The molecule has 0 fully saturated rings. The Morgan fingerprint density at radius 1 is 1.52 bits per heavy atom. The van der Waals surface area contributed by atoms with E-state index in [1.54, 1.807) is 17.0 Å². The van der Waals surface area contributed by atoms with E-state index in [-0.39, 0.29) is 11.6 Å². The zero-order chi connectivity index (χ0) is 15.2. The Kier molecular flexibility index (Phi) is 4.64. The summed E-state index contributed by atoms with van der Waals surface area (Å²) in [4.78, 5) is 25.8. The summed E-state index contributed by atoms with van der Waals surface area (Å²) in [6.07, 6.45) is 5.85. The molecule has 0 aliphatic carbocycles. The van der Waals surface area contributed by atoms with Gasteiger partial charge in [0.05, 0.1) is 10.4 Å². The van der Waals surface area contributed by atoms with E-state index in [9.17, 15) is 14.9 Å². The summed E-state index contributed by atoms with van der Waals surface area (Å²) in [6.45, 7) is 0.378. The van der Waals surface area contributed by atoms with E-state index in [2.05, 4.69) is 16.2 Å². The first kappa shape index (κ1) is 14.7. The molecule has 0 radical (unpaired) electrons. The topological polar surface area (TPSA) is 85.1 Å². The summed E-state index contributed by atoms with van der Waals surface area (Å²) in [7, 11) is 0. The first-order valence-corrected chi connectivity index (χ1v) is 6.96. The van der Waals surface area contributed by atoms with Crippen LogP contribution >= 0.6 is 11.3 Å². The van der Waals surface area contributed by atoms with Gasteiger partial charge in [-0.25, -0.2) is 4.98 Å². The van der Waals surface area contributed by atoms with Crippen LogP contribution in [-0.4, -0.2) is 22.4 Å². The number of nitro groups is 1. The van der Waals surface area contributed by atoms with E-state index in [1.807, 2.05) is 0 Å². The van der Waals surface area contributed by atoms with E-state index in [0.717, 1.165) is 5.56 Å². The van der Waals surface area contributed by atoms with Crippen molar-refractivity contribution < 1.29 is 9.72 Å². The van der Waals surface area contributed by atoms with Crippen molar-refractivity contribution in [2.24, 2.45) is 0 Å². The molecule has 0 atom stereocenters. The lowest BCUT2D eigenvalue weighted by Gasteiger charge is -2.06. The third-order valence-corrected chi connectivity index (χ3v) is 3.39. The van der Waals surface area contributed by atoms with Crippen molar-refractivity contribution in [1.82, 2.24) is 10.3 Å². The average molecular weight is 301 g/mol. The Bertz CT molecular complexity index is 705. The highest BCUT2D eigenvalue weighted by molar-refractivity contribution is 7.07. The van der Waals surface area contributed by atoms with E-state index in [1.165, 1.54) is 23.5 Å². The third kappa shape index (κ3) is 3.64. The fourth-order valence-electron chi connectivity index (χ4n) is 1.76. The number of non-ortho nitro benzene ring substituents is 1. The SMILES string of the molecule is C#Cc1cc([N+](=O)[O-])ccc1CCNC(=O)c1cscn1. The first-order chi connectivity index (χ1) is 10.1. The number of nitrogens with one attached hydrogen (secondary N) is 1. The van der Waals surface area contributed by atoms with Crippen LogP contribution in [0.1, 0.15) is 21.6 Å². The second-order valence-corrected chi connectivity index (χ2v) is 4.84. The van der Waals surface area contributed by atoms with Gasteiger partial charge in [-0.15, -0.1) is 17.8 Å². The fraction of sp³-hybridized carbons (Fsp3) is 0.143. The zero-order valence-electron chi connectivity index (χ0n) is 10.9. The van der Waals surface area contributed by atoms with Crippen LogP contribution < -0.4 is 5.32 Å². The Labute approximate surface area is 125 Å². The molecule has 0 aliphatic heterocycles. The lowest BCUT2D eigenvalue weighted by molar-refractivity contribution is -0.384. The molecule has 106 valence electrons. The van der Waals surface area contributed by atoms with Gasteiger partial charge in [0, 0.05) is 29.6 Å². The molecule has 0 aliphatic rings. The van der Waals surface area contributed by atoms with Crippen LogP contribution in [0.4, 0.5) is 5.69 Å². The van der Waals surface area contributed by atoms with Gasteiger partial charge < -0.3 is 5.32 Å². The lowest BCUT2D eigenvalue weighted by atomic mass is 10.0. The van der Waals surface area contributed by atoms with Gasteiger partial charge in [0.15, 0.2) is 0 Å². The van der Waals surface area contributed by atoms with Crippen LogP contribution in [0.15, 0.2) is 29.1 Å². The molecule has 1 amide bonds. The van der Waals surface area contributed by atoms with E-state index < -0.39 is 4.92 Å². The normalized spacial score (nSPS) is 9.86. The Morgan fingerprint density at radius 3 is 2.95 bits per heavy atom. The summed E-state index contributed by atoms with van der Waals surface area (Å²) in [6, 6.07) is 4.37. The number of amides is 1. The molecule has 1 aromatic heterocycles. The summed E-state index contributed by atoms with van der Waals surface area (Å²) in [5, 5.41) is 15.1. The van der Waals surface area contributed by atoms with Crippen LogP contribution in [-0.2, 0) is 6.42 Å². The molecule has 2 aromatic rings. The van der Waals surface area contributed by atoms with E-state index >= 15 is 0 Å². The van der Waals surface area contributed by atoms with Crippen molar-refractivity contribution in [3.05, 3.63) is 56.0 Å². The molecule has 0 bridgehead atoms. The van der Waals surface area contributed by atoms with Crippen LogP contribution in [0.2, 0.25) is 0 Å². The maximum absolute atomic E-state index is 11.7. The maximum Gasteiger partial charge on any atom is 0.270 e. The molecule has 2 rings (SSSR count). The van der Waals surface area contributed by atoms with Crippen molar-refractivity contribution in [3.8, 4) is 12.3 Å². The summed E-state index contributed by atoms with van der Waals surface area (Å²) in [5.74, 6) is 2.18. The van der Waals surface area contributed by atoms with Crippen molar-refractivity contribution in [3.63, 3.8) is 0 Å². The van der Waals surface area contributed by atoms with Gasteiger partial charge in [-0.1, -0.05) is 12.0 Å². The quantitative estimate of drug-likeness (QED) is 0.520. The molecular formula is C14H11N3O3S. The van der Waals surface area contributed by atoms with Crippen LogP contribution in [0.5, 0.6) is 0 Å². The number of benzene rings is 1. The Balaban J connectivity index is 1.99. The van der Waals surface area contributed by atoms with Gasteiger partial charge in [-0.2, -0.15) is 0 Å². The average Bonchev–Trinajstić information content (AvgIpc) is 3.01. The summed E-state index contributed by atoms with van der Waals surface area (Å²) >= 11 is 1.35. The van der Waals surface area contributed by atoms with E-state index in [0.29, 0.717) is 24.2 Å². The number of thiazole rings is 1. The van der Waals surface area contributed by atoms with Crippen LogP contribution in [0.25, 0.3) is 0 Å². The highest BCUT2D eigenvalue weighted by Crippen LogP contribution is 2.17. The molecule has 1 heterocycles. The minimum absolute atomic E-state index is 0.0433. The monoisotopic (exact) mass is 301 g/mol. The van der Waals surface area contributed by atoms with Crippen LogP contribution in [0, 0.1) is 22.5 Å². The van der Waals surface area contributed by atoms with Gasteiger partial charge in [-0.05, 0) is 12.0 Å². The second kappa shape index (κ2) is 6.63. The Morgan fingerprint density at radius 2 is 2.33 bits per heavy atom. The van der Waals surface area contributed by atoms with Crippen molar-refractivity contribution in [1.29, 1.82) is 0 Å². The largest absolute Gasteiger partial charge is 0.350 e. The highest BCUT2D eigenvalue weighted by atomic mass is 32.1. The molecule has 0 saturated carbocycles. The molecule has 1 aromatic carbocycles. The number of hydrogen-bond donors (Lipinski definition) is 1. The molecule has 0 saturated heterocycles. The van der Waals surface area contributed by atoms with Gasteiger partial charge in [0.1, 0.15) is 5.69 Å². The Hall–Kier alpha value is -2.72. The lowest BCUT2D eigenvalue weighted by Crippen LogP contribution is -2.26. The highest BCUT2D eigenvalue weighted by Gasteiger charge is 2.10. The molecule has 1 N–H and O–H groups in total. The van der Waals surface area contributed by atoms with E-state index in [4.69, 9.17) is 6.42 Å². The van der Waals surface area contributed by atoms with Gasteiger partial charge >= 0.3 is 0 Å². The second-order valence-electron chi connectivity index (χ2n) is 4.12. The predicted octanol–water partition coefficient (Wildman–Crippen LogP) is 2.01. The number of nitrogens with zero attached hydrogens (tertiary/aromatic N) is 2. The number of carbonyl (C=O) groups is 1. The van der Waals surface area contributed by atoms with Gasteiger partial charge in [0.2, 0.25) is 0 Å². The van der Waals surface area contributed by atoms with Crippen molar-refractivity contribution >= 4 is 22.9 Å². The number of aromatic nitrogens is 1. The number of rotatable bonds is 5. The fourth-order valence-corrected chi connectivity index (χ4v) is 2.29. The molecule has 7 heteroatoms. The molecular weight excluding hydrogens is 290 g/mol. The molecule has 0 unspecified atom stereocenters.